The van der Waals surface area contributed by atoms with E-state index in [9.17, 15) is 9.90 Å². The number of carbonyl (C=O) groups excluding carboxylic acids is 1. The first-order valence-corrected chi connectivity index (χ1v) is 8.43. The molecule has 128 valence electrons. The van der Waals surface area contributed by atoms with E-state index in [4.69, 9.17) is 0 Å². The van der Waals surface area contributed by atoms with E-state index in [-0.39, 0.29) is 24.6 Å². The topological polar surface area (TPSA) is 70.4 Å². The second-order valence-electron chi connectivity index (χ2n) is 6.35. The molecule has 0 bridgehead atoms. The van der Waals surface area contributed by atoms with E-state index < -0.39 is 0 Å². The Morgan fingerprint density at radius 1 is 1.46 bits per heavy atom. The molecule has 1 aromatic heterocycles. The van der Waals surface area contributed by atoms with Crippen LogP contribution in [0.2, 0.25) is 0 Å². The van der Waals surface area contributed by atoms with Gasteiger partial charge in [-0.2, -0.15) is 5.10 Å². The second kappa shape index (κ2) is 7.49. The van der Waals surface area contributed by atoms with Crippen molar-refractivity contribution in [3.63, 3.8) is 0 Å². The maximum Gasteiger partial charge on any atom is 0.317 e. The summed E-state index contributed by atoms with van der Waals surface area (Å²) in [5, 5.41) is 16.6. The maximum absolute atomic E-state index is 12.5. The molecule has 1 fully saturated rings. The van der Waals surface area contributed by atoms with Crippen LogP contribution in [0.4, 0.5) is 4.79 Å². The van der Waals surface area contributed by atoms with E-state index >= 15 is 0 Å². The highest BCUT2D eigenvalue weighted by Crippen LogP contribution is 2.19. The van der Waals surface area contributed by atoms with Crippen molar-refractivity contribution in [2.45, 2.75) is 25.8 Å². The Hall–Kier alpha value is -2.34. The predicted octanol–water partition coefficient (Wildman–Crippen LogP) is 2.35. The lowest BCUT2D eigenvalue weighted by Crippen LogP contribution is -2.46. The lowest BCUT2D eigenvalue weighted by molar-refractivity contribution is 0.128. The SMILES string of the molecule is CC(NC(=O)N1CCCC(CO)C1)c1cccc(-n2cccn2)c1. The van der Waals surface area contributed by atoms with Gasteiger partial charge in [0.1, 0.15) is 0 Å². The number of benzene rings is 1. The van der Waals surface area contributed by atoms with Crippen molar-refractivity contribution in [2.75, 3.05) is 19.7 Å². The molecule has 6 heteroatoms. The zero-order chi connectivity index (χ0) is 16.9. The van der Waals surface area contributed by atoms with E-state index in [0.29, 0.717) is 6.54 Å². The van der Waals surface area contributed by atoms with Gasteiger partial charge >= 0.3 is 6.03 Å². The van der Waals surface area contributed by atoms with Gasteiger partial charge in [0, 0.05) is 32.1 Å². The molecule has 2 aromatic rings. The van der Waals surface area contributed by atoms with Crippen LogP contribution in [-0.4, -0.2) is 45.5 Å². The highest BCUT2D eigenvalue weighted by atomic mass is 16.3. The molecule has 3 rings (SSSR count). The fourth-order valence-electron chi connectivity index (χ4n) is 3.12. The van der Waals surface area contributed by atoms with Crippen LogP contribution >= 0.6 is 0 Å². The molecule has 6 nitrogen and oxygen atoms in total. The normalized spacial score (nSPS) is 19.1. The second-order valence-corrected chi connectivity index (χ2v) is 6.35. The number of rotatable bonds is 4. The summed E-state index contributed by atoms with van der Waals surface area (Å²) in [6.45, 7) is 3.50. The number of aliphatic hydroxyl groups excluding tert-OH is 1. The minimum Gasteiger partial charge on any atom is -0.396 e. The first-order chi connectivity index (χ1) is 11.7. The van der Waals surface area contributed by atoms with Crippen molar-refractivity contribution in [1.82, 2.24) is 20.0 Å². The summed E-state index contributed by atoms with van der Waals surface area (Å²) in [6, 6.07) is 9.72. The molecule has 2 atom stereocenters. The number of carbonyl (C=O) groups is 1. The third-order valence-corrected chi connectivity index (χ3v) is 4.54. The van der Waals surface area contributed by atoms with Crippen LogP contribution in [0.25, 0.3) is 5.69 Å². The van der Waals surface area contributed by atoms with Gasteiger partial charge in [-0.1, -0.05) is 12.1 Å². The third kappa shape index (κ3) is 3.76. The molecule has 1 saturated heterocycles. The molecule has 0 radical (unpaired) electrons. The zero-order valence-electron chi connectivity index (χ0n) is 13.9. The largest absolute Gasteiger partial charge is 0.396 e. The number of aromatic nitrogens is 2. The number of hydrogen-bond acceptors (Lipinski definition) is 3. The van der Waals surface area contributed by atoms with E-state index in [1.807, 2.05) is 43.5 Å². The lowest BCUT2D eigenvalue weighted by atomic mass is 9.99. The maximum atomic E-state index is 12.5. The molecular formula is C18H24N4O2. The zero-order valence-corrected chi connectivity index (χ0v) is 13.9. The number of likely N-dealkylation sites (tertiary alicyclic amines) is 1. The number of aliphatic hydroxyl groups is 1. The Morgan fingerprint density at radius 2 is 2.33 bits per heavy atom. The summed E-state index contributed by atoms with van der Waals surface area (Å²) in [6.07, 6.45) is 5.57. The number of piperidine rings is 1. The smallest absolute Gasteiger partial charge is 0.317 e. The van der Waals surface area contributed by atoms with Crippen LogP contribution in [-0.2, 0) is 0 Å². The Morgan fingerprint density at radius 3 is 3.08 bits per heavy atom. The summed E-state index contributed by atoms with van der Waals surface area (Å²) < 4.78 is 1.80. The van der Waals surface area contributed by atoms with Gasteiger partial charge in [-0.25, -0.2) is 9.48 Å². The van der Waals surface area contributed by atoms with Gasteiger partial charge in [-0.05, 0) is 49.4 Å². The molecule has 1 aliphatic heterocycles. The van der Waals surface area contributed by atoms with E-state index in [2.05, 4.69) is 10.4 Å². The van der Waals surface area contributed by atoms with E-state index in [0.717, 1.165) is 30.6 Å². The Labute approximate surface area is 142 Å². The summed E-state index contributed by atoms with van der Waals surface area (Å²) >= 11 is 0. The molecule has 24 heavy (non-hydrogen) atoms. The molecular weight excluding hydrogens is 304 g/mol. The van der Waals surface area contributed by atoms with Gasteiger partial charge in [0.25, 0.3) is 0 Å². The molecule has 1 aliphatic rings. The Balaban J connectivity index is 1.65. The highest BCUT2D eigenvalue weighted by Gasteiger charge is 2.24. The van der Waals surface area contributed by atoms with Gasteiger partial charge in [-0.3, -0.25) is 0 Å². The molecule has 0 aliphatic carbocycles. The number of amides is 2. The molecule has 2 amide bonds. The minimum absolute atomic E-state index is 0.0647. The standard InChI is InChI=1S/C18H24N4O2/c1-14(20-18(24)21-9-3-5-15(12-21)13-23)16-6-2-7-17(11-16)22-10-4-8-19-22/h2,4,6-8,10-11,14-15,23H,3,5,9,12-13H2,1H3,(H,20,24). The summed E-state index contributed by atoms with van der Waals surface area (Å²) in [4.78, 5) is 14.3. The Kier molecular flexibility index (Phi) is 5.15. The first kappa shape index (κ1) is 16.5. The van der Waals surface area contributed by atoms with Crippen molar-refractivity contribution >= 4 is 6.03 Å². The highest BCUT2D eigenvalue weighted by molar-refractivity contribution is 5.74. The molecule has 1 aromatic carbocycles. The van der Waals surface area contributed by atoms with Crippen LogP contribution in [0.5, 0.6) is 0 Å². The predicted molar refractivity (Wildman–Crippen MR) is 91.9 cm³/mol. The quantitative estimate of drug-likeness (QED) is 0.905. The molecule has 2 heterocycles. The number of nitrogens with zero attached hydrogens (tertiary/aromatic N) is 3. The van der Waals surface area contributed by atoms with Gasteiger partial charge in [0.05, 0.1) is 11.7 Å². The van der Waals surface area contributed by atoms with Gasteiger partial charge in [0.2, 0.25) is 0 Å². The van der Waals surface area contributed by atoms with E-state index in [1.165, 1.54) is 0 Å². The van der Waals surface area contributed by atoms with Gasteiger partial charge in [-0.15, -0.1) is 0 Å². The molecule has 2 unspecified atom stereocenters. The van der Waals surface area contributed by atoms with Gasteiger partial charge < -0.3 is 15.3 Å². The molecule has 0 spiro atoms. The van der Waals surface area contributed by atoms with Crippen LogP contribution in [0.3, 0.4) is 0 Å². The van der Waals surface area contributed by atoms with Gasteiger partial charge in [0.15, 0.2) is 0 Å². The lowest BCUT2D eigenvalue weighted by Gasteiger charge is -2.32. The van der Waals surface area contributed by atoms with Crippen molar-refractivity contribution in [1.29, 1.82) is 0 Å². The third-order valence-electron chi connectivity index (χ3n) is 4.54. The minimum atomic E-state index is -0.0949. The monoisotopic (exact) mass is 328 g/mol. The number of nitrogens with one attached hydrogen (secondary N) is 1. The fourth-order valence-corrected chi connectivity index (χ4v) is 3.12. The number of urea groups is 1. The molecule has 2 N–H and O–H groups in total. The number of hydrogen-bond donors (Lipinski definition) is 2. The summed E-state index contributed by atoms with van der Waals surface area (Å²) in [5.41, 5.74) is 2.00. The van der Waals surface area contributed by atoms with Crippen molar-refractivity contribution in [2.24, 2.45) is 5.92 Å². The van der Waals surface area contributed by atoms with E-state index in [1.54, 1.807) is 15.8 Å². The fraction of sp³-hybridized carbons (Fsp3) is 0.444. The van der Waals surface area contributed by atoms with Crippen LogP contribution < -0.4 is 5.32 Å². The average molecular weight is 328 g/mol. The van der Waals surface area contributed by atoms with Crippen LogP contribution in [0.1, 0.15) is 31.4 Å². The first-order valence-electron chi connectivity index (χ1n) is 8.43. The van der Waals surface area contributed by atoms with Crippen molar-refractivity contribution < 1.29 is 9.90 Å². The Bertz CT molecular complexity index is 671. The van der Waals surface area contributed by atoms with Crippen molar-refractivity contribution in [3.05, 3.63) is 48.3 Å². The summed E-state index contributed by atoms with van der Waals surface area (Å²) in [7, 11) is 0. The van der Waals surface area contributed by atoms with Crippen molar-refractivity contribution in [3.8, 4) is 5.69 Å². The average Bonchev–Trinajstić information content (AvgIpc) is 3.16. The summed E-state index contributed by atoms with van der Waals surface area (Å²) in [5.74, 6) is 0.197. The van der Waals surface area contributed by atoms with Crippen LogP contribution in [0, 0.1) is 5.92 Å². The van der Waals surface area contributed by atoms with Crippen LogP contribution in [0.15, 0.2) is 42.7 Å². The molecule has 0 saturated carbocycles.